The second-order valence-corrected chi connectivity index (χ2v) is 4.86. The van der Waals surface area contributed by atoms with Gasteiger partial charge in [0.05, 0.1) is 18.2 Å². The van der Waals surface area contributed by atoms with E-state index in [2.05, 4.69) is 4.98 Å². The molecule has 3 rings (SSSR count). The number of rotatable bonds is 1. The number of aryl methyl sites for hydroxylation is 1. The summed E-state index contributed by atoms with van der Waals surface area (Å²) in [5.41, 5.74) is 3.49. The van der Waals surface area contributed by atoms with Gasteiger partial charge in [0.25, 0.3) is 0 Å². The summed E-state index contributed by atoms with van der Waals surface area (Å²) >= 11 is 6.01. The highest BCUT2D eigenvalue weighted by Crippen LogP contribution is 2.31. The third-order valence-corrected chi connectivity index (χ3v) is 3.60. The first-order chi connectivity index (χ1) is 8.70. The van der Waals surface area contributed by atoms with Crippen LogP contribution in [0.25, 0.3) is 10.9 Å². The number of esters is 1. The second-order valence-electron chi connectivity index (χ2n) is 4.42. The van der Waals surface area contributed by atoms with E-state index in [0.717, 1.165) is 41.4 Å². The minimum Gasteiger partial charge on any atom is -0.465 e. The molecule has 1 aromatic heterocycles. The van der Waals surface area contributed by atoms with E-state index in [4.69, 9.17) is 16.3 Å². The minimum atomic E-state index is -0.303. The van der Waals surface area contributed by atoms with Gasteiger partial charge >= 0.3 is 5.97 Å². The molecule has 0 fully saturated rings. The van der Waals surface area contributed by atoms with Crippen molar-refractivity contribution < 1.29 is 9.53 Å². The molecule has 1 heterocycles. The maximum Gasteiger partial charge on any atom is 0.338 e. The van der Waals surface area contributed by atoms with E-state index in [1.54, 1.807) is 12.1 Å². The Morgan fingerprint density at radius 2 is 2.22 bits per heavy atom. The Kier molecular flexibility index (Phi) is 2.71. The number of hydrogen-bond acceptors (Lipinski definition) is 3. The Balaban J connectivity index is 2.40. The summed E-state index contributed by atoms with van der Waals surface area (Å²) in [5.74, 6) is -0.303. The average Bonchev–Trinajstić information content (AvgIpc) is 2.82. The molecule has 0 atom stereocenters. The lowest BCUT2D eigenvalue weighted by Crippen LogP contribution is -2.08. The van der Waals surface area contributed by atoms with E-state index in [9.17, 15) is 4.79 Å². The highest BCUT2D eigenvalue weighted by atomic mass is 35.5. The summed E-state index contributed by atoms with van der Waals surface area (Å²) < 4.78 is 4.90. The third-order valence-electron chi connectivity index (χ3n) is 3.36. The fraction of sp³-hybridized carbons (Fsp3) is 0.286. The van der Waals surface area contributed by atoms with Crippen LogP contribution in [0.15, 0.2) is 18.2 Å². The molecule has 4 heteroatoms. The summed E-state index contributed by atoms with van der Waals surface area (Å²) in [7, 11) is 1.40. The van der Waals surface area contributed by atoms with Gasteiger partial charge in [-0.1, -0.05) is 11.6 Å². The first-order valence-corrected chi connectivity index (χ1v) is 6.28. The molecular weight excluding hydrogens is 250 g/mol. The Morgan fingerprint density at radius 1 is 1.39 bits per heavy atom. The monoisotopic (exact) mass is 261 g/mol. The third kappa shape index (κ3) is 1.66. The Bertz CT molecular complexity index is 652. The van der Waals surface area contributed by atoms with Gasteiger partial charge in [0.1, 0.15) is 0 Å². The first kappa shape index (κ1) is 11.5. The van der Waals surface area contributed by atoms with Crippen LogP contribution in [0.3, 0.4) is 0 Å². The molecule has 0 amide bonds. The van der Waals surface area contributed by atoms with Crippen LogP contribution in [0, 0.1) is 0 Å². The molecule has 0 N–H and O–H groups in total. The topological polar surface area (TPSA) is 39.2 Å². The Hall–Kier alpha value is -1.61. The molecule has 3 nitrogen and oxygen atoms in total. The molecule has 0 bridgehead atoms. The number of fused-ring (bicyclic) bond motifs is 2. The fourth-order valence-electron chi connectivity index (χ4n) is 2.57. The van der Waals surface area contributed by atoms with Gasteiger partial charge in [-0.05, 0) is 43.0 Å². The van der Waals surface area contributed by atoms with Crippen molar-refractivity contribution in [2.24, 2.45) is 0 Å². The van der Waals surface area contributed by atoms with Gasteiger partial charge in [-0.25, -0.2) is 4.79 Å². The van der Waals surface area contributed by atoms with Crippen LogP contribution in [0.5, 0.6) is 0 Å². The van der Waals surface area contributed by atoms with Crippen molar-refractivity contribution in [1.29, 1.82) is 0 Å². The van der Waals surface area contributed by atoms with Gasteiger partial charge in [0.2, 0.25) is 0 Å². The van der Waals surface area contributed by atoms with Gasteiger partial charge < -0.3 is 4.74 Å². The van der Waals surface area contributed by atoms with Gasteiger partial charge in [-0.2, -0.15) is 0 Å². The number of benzene rings is 1. The molecule has 1 aromatic carbocycles. The maximum atomic E-state index is 12.0. The van der Waals surface area contributed by atoms with Crippen LogP contribution >= 0.6 is 11.6 Å². The molecule has 0 saturated carbocycles. The zero-order chi connectivity index (χ0) is 12.7. The quantitative estimate of drug-likeness (QED) is 0.740. The number of carbonyl (C=O) groups excluding carboxylic acids is 1. The van der Waals surface area contributed by atoms with Crippen molar-refractivity contribution in [2.45, 2.75) is 19.3 Å². The summed E-state index contributed by atoms with van der Waals surface area (Å²) in [6, 6.07) is 5.43. The number of ether oxygens (including phenoxy) is 1. The highest BCUT2D eigenvalue weighted by Gasteiger charge is 2.24. The van der Waals surface area contributed by atoms with Gasteiger partial charge in [-0.3, -0.25) is 4.98 Å². The van der Waals surface area contributed by atoms with Gasteiger partial charge in [0, 0.05) is 16.1 Å². The molecule has 2 aromatic rings. The van der Waals surface area contributed by atoms with E-state index in [0.29, 0.717) is 10.6 Å². The summed E-state index contributed by atoms with van der Waals surface area (Å²) in [5, 5.41) is 1.39. The molecule has 1 aliphatic rings. The molecule has 0 unspecified atom stereocenters. The van der Waals surface area contributed by atoms with Gasteiger partial charge in [0.15, 0.2) is 0 Å². The van der Waals surface area contributed by atoms with E-state index in [1.807, 2.05) is 6.07 Å². The first-order valence-electron chi connectivity index (χ1n) is 5.90. The molecule has 0 radical (unpaired) electrons. The van der Waals surface area contributed by atoms with E-state index >= 15 is 0 Å². The van der Waals surface area contributed by atoms with Crippen molar-refractivity contribution in [3.63, 3.8) is 0 Å². The van der Waals surface area contributed by atoms with Crippen LogP contribution in [0.2, 0.25) is 5.02 Å². The smallest absolute Gasteiger partial charge is 0.338 e. The SMILES string of the molecule is COC(=O)c1c2c(nc3ccc(Cl)cc13)CCC2. The van der Waals surface area contributed by atoms with E-state index < -0.39 is 0 Å². The summed E-state index contributed by atoms with van der Waals surface area (Å²) in [6.07, 6.45) is 2.85. The minimum absolute atomic E-state index is 0.303. The predicted molar refractivity (Wildman–Crippen MR) is 70.1 cm³/mol. The van der Waals surface area contributed by atoms with Crippen molar-refractivity contribution in [3.8, 4) is 0 Å². The lowest BCUT2D eigenvalue weighted by atomic mass is 10.0. The Morgan fingerprint density at radius 3 is 3.00 bits per heavy atom. The van der Waals surface area contributed by atoms with Crippen LogP contribution in [-0.2, 0) is 17.6 Å². The largest absolute Gasteiger partial charge is 0.465 e. The highest BCUT2D eigenvalue weighted by molar-refractivity contribution is 6.31. The van der Waals surface area contributed by atoms with Crippen LogP contribution in [0.1, 0.15) is 28.0 Å². The molecule has 18 heavy (non-hydrogen) atoms. The van der Waals surface area contributed by atoms with Crippen LogP contribution in [0.4, 0.5) is 0 Å². The number of halogens is 1. The number of pyridine rings is 1. The summed E-state index contributed by atoms with van der Waals surface area (Å²) in [6.45, 7) is 0. The van der Waals surface area contributed by atoms with Crippen molar-refractivity contribution in [2.75, 3.05) is 7.11 Å². The molecule has 92 valence electrons. The number of hydrogen-bond donors (Lipinski definition) is 0. The molecule has 0 saturated heterocycles. The maximum absolute atomic E-state index is 12.0. The average molecular weight is 262 g/mol. The molecule has 0 aliphatic heterocycles. The lowest BCUT2D eigenvalue weighted by Gasteiger charge is -2.10. The number of methoxy groups -OCH3 is 1. The Labute approximate surface area is 110 Å². The standard InChI is InChI=1S/C14H12ClNO2/c1-18-14(17)13-9-3-2-4-11(9)16-12-6-5-8(15)7-10(12)13/h5-7H,2-4H2,1H3. The van der Waals surface area contributed by atoms with Crippen molar-refractivity contribution in [1.82, 2.24) is 4.98 Å². The van der Waals surface area contributed by atoms with Crippen LogP contribution in [-0.4, -0.2) is 18.1 Å². The van der Waals surface area contributed by atoms with Crippen LogP contribution < -0.4 is 0 Å². The zero-order valence-electron chi connectivity index (χ0n) is 10.00. The number of nitrogens with zero attached hydrogens (tertiary/aromatic N) is 1. The van der Waals surface area contributed by atoms with Gasteiger partial charge in [-0.15, -0.1) is 0 Å². The van der Waals surface area contributed by atoms with E-state index in [-0.39, 0.29) is 5.97 Å². The van der Waals surface area contributed by atoms with Crippen molar-refractivity contribution >= 4 is 28.5 Å². The normalized spacial score (nSPS) is 13.7. The molecule has 1 aliphatic carbocycles. The number of aromatic nitrogens is 1. The second kappa shape index (κ2) is 4.25. The lowest BCUT2D eigenvalue weighted by molar-refractivity contribution is 0.0602. The summed E-state index contributed by atoms with van der Waals surface area (Å²) in [4.78, 5) is 16.6. The number of carbonyl (C=O) groups is 1. The molecular formula is C14H12ClNO2. The fourth-order valence-corrected chi connectivity index (χ4v) is 2.74. The molecule has 0 spiro atoms. The zero-order valence-corrected chi connectivity index (χ0v) is 10.8. The van der Waals surface area contributed by atoms with E-state index in [1.165, 1.54) is 7.11 Å². The predicted octanol–water partition coefficient (Wildman–Crippen LogP) is 3.16. The van der Waals surface area contributed by atoms with Crippen molar-refractivity contribution in [3.05, 3.63) is 40.0 Å².